The van der Waals surface area contributed by atoms with Crippen LogP contribution in [0.3, 0.4) is 0 Å². The molecule has 1 atom stereocenters. The second-order valence-electron chi connectivity index (χ2n) is 6.37. The van der Waals surface area contributed by atoms with Gasteiger partial charge in [-0.25, -0.2) is 0 Å². The first kappa shape index (κ1) is 14.4. The second kappa shape index (κ2) is 6.04. The van der Waals surface area contributed by atoms with Gasteiger partial charge in [0, 0.05) is 24.8 Å². The highest BCUT2D eigenvalue weighted by molar-refractivity contribution is 5.86. The first-order valence-electron chi connectivity index (χ1n) is 7.79. The number of nitrogens with zero attached hydrogens (tertiary/aromatic N) is 2. The molecule has 1 unspecified atom stereocenters. The maximum atomic E-state index is 6.23. The zero-order valence-corrected chi connectivity index (χ0v) is 13.0. The molecule has 0 radical (unpaired) electrons. The topological polar surface area (TPSA) is 32.5 Å². The first-order valence-corrected chi connectivity index (χ1v) is 7.79. The Bertz CT molecular complexity index is 623. The number of hydrogen-bond acceptors (Lipinski definition) is 3. The highest BCUT2D eigenvalue weighted by atomic mass is 15.2. The van der Waals surface area contributed by atoms with E-state index in [0.717, 1.165) is 18.8 Å². The molecule has 1 aliphatic rings. The lowest BCUT2D eigenvalue weighted by atomic mass is 10.0. The molecule has 2 aromatic carbocycles. The molecule has 3 rings (SSSR count). The summed E-state index contributed by atoms with van der Waals surface area (Å²) in [5.74, 6) is 0. The number of benzene rings is 2. The number of anilines is 1. The fourth-order valence-corrected chi connectivity index (χ4v) is 3.37. The molecule has 3 heteroatoms. The van der Waals surface area contributed by atoms with E-state index in [2.05, 4.69) is 60.3 Å². The number of hydrogen-bond donors (Lipinski definition) is 1. The van der Waals surface area contributed by atoms with Crippen LogP contribution >= 0.6 is 0 Å². The Morgan fingerprint density at radius 1 is 1.24 bits per heavy atom. The molecule has 1 fully saturated rings. The largest absolute Gasteiger partial charge is 0.398 e. The van der Waals surface area contributed by atoms with Crippen molar-refractivity contribution >= 4 is 16.5 Å². The average molecular weight is 283 g/mol. The van der Waals surface area contributed by atoms with Crippen LogP contribution in [0, 0.1) is 0 Å². The molecular weight excluding hydrogens is 258 g/mol. The number of likely N-dealkylation sites (N-methyl/N-ethyl adjacent to an activating group) is 2. The number of fused-ring (bicyclic) bond motifs is 1. The van der Waals surface area contributed by atoms with Gasteiger partial charge in [-0.3, -0.25) is 0 Å². The Morgan fingerprint density at radius 2 is 1.95 bits per heavy atom. The van der Waals surface area contributed by atoms with Gasteiger partial charge in [-0.05, 0) is 62.0 Å². The van der Waals surface area contributed by atoms with Gasteiger partial charge >= 0.3 is 0 Å². The minimum absolute atomic E-state index is 0.691. The lowest BCUT2D eigenvalue weighted by Crippen LogP contribution is -2.36. The zero-order valence-electron chi connectivity index (χ0n) is 13.0. The molecule has 2 N–H and O–H groups in total. The Labute approximate surface area is 127 Å². The molecule has 2 aromatic rings. The predicted octanol–water partition coefficient (Wildman–Crippen LogP) is 2.95. The summed E-state index contributed by atoms with van der Waals surface area (Å²) in [7, 11) is 4.43. The van der Waals surface area contributed by atoms with E-state index in [1.54, 1.807) is 0 Å². The summed E-state index contributed by atoms with van der Waals surface area (Å²) in [6.07, 6.45) is 2.64. The van der Waals surface area contributed by atoms with Crippen molar-refractivity contribution in [1.29, 1.82) is 0 Å². The highest BCUT2D eigenvalue weighted by Crippen LogP contribution is 2.23. The molecule has 112 valence electrons. The Hall–Kier alpha value is -1.58. The van der Waals surface area contributed by atoms with Crippen molar-refractivity contribution in [3.8, 4) is 0 Å². The van der Waals surface area contributed by atoms with E-state index >= 15 is 0 Å². The second-order valence-corrected chi connectivity index (χ2v) is 6.37. The van der Waals surface area contributed by atoms with E-state index < -0.39 is 0 Å². The minimum atomic E-state index is 0.691. The summed E-state index contributed by atoms with van der Waals surface area (Å²) in [5.41, 5.74) is 8.37. The van der Waals surface area contributed by atoms with E-state index in [0.29, 0.717) is 6.04 Å². The SMILES string of the molecule is CN(Cc1cc2ccccc2cc1N)CC1CCCN1C. The van der Waals surface area contributed by atoms with Crippen LogP contribution in [0.5, 0.6) is 0 Å². The highest BCUT2D eigenvalue weighted by Gasteiger charge is 2.22. The molecule has 0 aromatic heterocycles. The molecule has 3 nitrogen and oxygen atoms in total. The van der Waals surface area contributed by atoms with Crippen LogP contribution < -0.4 is 5.73 Å². The van der Waals surface area contributed by atoms with Crippen molar-refractivity contribution in [1.82, 2.24) is 9.80 Å². The van der Waals surface area contributed by atoms with Crippen molar-refractivity contribution in [3.05, 3.63) is 42.0 Å². The van der Waals surface area contributed by atoms with Crippen LogP contribution in [-0.4, -0.2) is 43.0 Å². The number of likely N-dealkylation sites (tertiary alicyclic amines) is 1. The van der Waals surface area contributed by atoms with E-state index in [1.807, 2.05) is 0 Å². The maximum absolute atomic E-state index is 6.23. The van der Waals surface area contributed by atoms with Crippen molar-refractivity contribution < 1.29 is 0 Å². The monoisotopic (exact) mass is 283 g/mol. The van der Waals surface area contributed by atoms with Crippen molar-refractivity contribution in [3.63, 3.8) is 0 Å². The van der Waals surface area contributed by atoms with Crippen molar-refractivity contribution in [2.45, 2.75) is 25.4 Å². The standard InChI is InChI=1S/C18H25N3/c1-20(13-17-8-5-9-21(17)2)12-16-10-14-6-3-4-7-15(14)11-18(16)19/h3-4,6-7,10-11,17H,5,8-9,12-13,19H2,1-2H3. The molecule has 0 saturated carbocycles. The normalized spacial score (nSPS) is 19.7. The Morgan fingerprint density at radius 3 is 2.62 bits per heavy atom. The van der Waals surface area contributed by atoms with Crippen LogP contribution in [0.15, 0.2) is 36.4 Å². The summed E-state index contributed by atoms with van der Waals surface area (Å²) in [4.78, 5) is 4.87. The first-order chi connectivity index (χ1) is 10.1. The van der Waals surface area contributed by atoms with Gasteiger partial charge in [0.2, 0.25) is 0 Å². The summed E-state index contributed by atoms with van der Waals surface area (Å²) >= 11 is 0. The van der Waals surface area contributed by atoms with Crippen LogP contribution in [0.1, 0.15) is 18.4 Å². The van der Waals surface area contributed by atoms with Crippen molar-refractivity contribution in [2.75, 3.05) is 32.9 Å². The number of rotatable bonds is 4. The van der Waals surface area contributed by atoms with Gasteiger partial charge in [0.05, 0.1) is 0 Å². The van der Waals surface area contributed by atoms with E-state index in [-0.39, 0.29) is 0 Å². The fraction of sp³-hybridized carbons (Fsp3) is 0.444. The molecule has 0 bridgehead atoms. The van der Waals surface area contributed by atoms with Gasteiger partial charge in [-0.15, -0.1) is 0 Å². The summed E-state index contributed by atoms with van der Waals surface area (Å²) in [6.45, 7) is 3.26. The van der Waals surface area contributed by atoms with Gasteiger partial charge in [0.15, 0.2) is 0 Å². The van der Waals surface area contributed by atoms with Gasteiger partial charge in [0.1, 0.15) is 0 Å². The molecule has 0 amide bonds. The van der Waals surface area contributed by atoms with Gasteiger partial charge in [0.25, 0.3) is 0 Å². The summed E-state index contributed by atoms with van der Waals surface area (Å²) < 4.78 is 0. The fourth-order valence-electron chi connectivity index (χ4n) is 3.37. The van der Waals surface area contributed by atoms with Crippen LogP contribution in [0.4, 0.5) is 5.69 Å². The minimum Gasteiger partial charge on any atom is -0.398 e. The Balaban J connectivity index is 1.73. The average Bonchev–Trinajstić information content (AvgIpc) is 2.85. The van der Waals surface area contributed by atoms with Crippen molar-refractivity contribution in [2.24, 2.45) is 0 Å². The smallest absolute Gasteiger partial charge is 0.0366 e. The van der Waals surface area contributed by atoms with Crippen LogP contribution in [-0.2, 0) is 6.54 Å². The maximum Gasteiger partial charge on any atom is 0.0366 e. The van der Waals surface area contributed by atoms with E-state index in [9.17, 15) is 0 Å². The molecular formula is C18H25N3. The third-order valence-electron chi connectivity index (χ3n) is 4.64. The molecule has 0 spiro atoms. The van der Waals surface area contributed by atoms with E-state index in [1.165, 1.54) is 35.7 Å². The number of nitrogen functional groups attached to an aromatic ring is 1. The molecule has 1 saturated heterocycles. The Kier molecular flexibility index (Phi) is 4.13. The van der Waals surface area contributed by atoms with Crippen LogP contribution in [0.2, 0.25) is 0 Å². The quantitative estimate of drug-likeness (QED) is 0.876. The third-order valence-corrected chi connectivity index (χ3v) is 4.64. The van der Waals surface area contributed by atoms with Crippen LogP contribution in [0.25, 0.3) is 10.8 Å². The predicted molar refractivity (Wildman–Crippen MR) is 90.3 cm³/mol. The molecule has 21 heavy (non-hydrogen) atoms. The van der Waals surface area contributed by atoms with Gasteiger partial charge in [-0.1, -0.05) is 24.3 Å². The molecule has 1 heterocycles. The van der Waals surface area contributed by atoms with E-state index in [4.69, 9.17) is 5.73 Å². The zero-order chi connectivity index (χ0) is 14.8. The third kappa shape index (κ3) is 3.20. The molecule has 1 aliphatic heterocycles. The summed E-state index contributed by atoms with van der Waals surface area (Å²) in [5, 5.41) is 2.49. The molecule has 0 aliphatic carbocycles. The van der Waals surface area contributed by atoms with Gasteiger partial charge < -0.3 is 15.5 Å². The lowest BCUT2D eigenvalue weighted by Gasteiger charge is -2.26. The lowest BCUT2D eigenvalue weighted by molar-refractivity contribution is 0.216. The van der Waals surface area contributed by atoms with Gasteiger partial charge in [-0.2, -0.15) is 0 Å². The summed E-state index contributed by atoms with van der Waals surface area (Å²) in [6, 6.07) is 13.4. The number of nitrogens with two attached hydrogens (primary N) is 1.